The first-order valence-corrected chi connectivity index (χ1v) is 9.16. The fourth-order valence-corrected chi connectivity index (χ4v) is 3.68. The molecular formula is C22H18N4O3. The molecule has 0 atom stereocenters. The first kappa shape index (κ1) is 17.1. The molecule has 0 aliphatic rings. The number of pyridine rings is 1. The highest BCUT2D eigenvalue weighted by molar-refractivity contribution is 6.00. The molecule has 0 spiro atoms. The van der Waals surface area contributed by atoms with Gasteiger partial charge in [-0.05, 0) is 30.3 Å². The van der Waals surface area contributed by atoms with Crippen LogP contribution in [0.3, 0.4) is 0 Å². The lowest BCUT2D eigenvalue weighted by molar-refractivity contribution is 0.489. The Balaban J connectivity index is 1.86. The Kier molecular flexibility index (Phi) is 3.70. The molecule has 3 heterocycles. The number of imidazole rings is 1. The summed E-state index contributed by atoms with van der Waals surface area (Å²) in [7, 11) is 3.43. The van der Waals surface area contributed by atoms with Crippen molar-refractivity contribution in [2.45, 2.75) is 0 Å². The van der Waals surface area contributed by atoms with Gasteiger partial charge < -0.3 is 19.3 Å². The van der Waals surface area contributed by atoms with E-state index in [0.29, 0.717) is 22.5 Å². The standard InChI is InChI=1S/C22H18N4O3/c1-25-12-16(14-10-11-23-18(14)21(25)27)15-8-9-17-19(24-22(28)26(17)2)20(15)29-13-6-4-3-5-7-13/h3-12,23H,1-2H3,(H,24,28). The Labute approximate surface area is 164 Å². The van der Waals surface area contributed by atoms with Gasteiger partial charge in [0, 0.05) is 43.0 Å². The topological polar surface area (TPSA) is 84.8 Å². The second-order valence-corrected chi connectivity index (χ2v) is 6.97. The maximum Gasteiger partial charge on any atom is 0.326 e. The molecule has 5 aromatic rings. The van der Waals surface area contributed by atoms with Gasteiger partial charge in [-0.2, -0.15) is 0 Å². The number of benzene rings is 2. The molecule has 0 aliphatic heterocycles. The van der Waals surface area contributed by atoms with Gasteiger partial charge in [0.25, 0.3) is 5.56 Å². The number of ether oxygens (including phenoxy) is 1. The van der Waals surface area contributed by atoms with Crippen LogP contribution in [0.15, 0.2) is 70.5 Å². The molecule has 0 aliphatic carbocycles. The lowest BCUT2D eigenvalue weighted by Gasteiger charge is -2.14. The Morgan fingerprint density at radius 2 is 1.69 bits per heavy atom. The Morgan fingerprint density at radius 1 is 0.897 bits per heavy atom. The molecule has 7 nitrogen and oxygen atoms in total. The molecule has 7 heteroatoms. The molecule has 0 unspecified atom stereocenters. The number of nitrogens with zero attached hydrogens (tertiary/aromatic N) is 2. The molecule has 0 bridgehead atoms. The van der Waals surface area contributed by atoms with Gasteiger partial charge in [0.2, 0.25) is 0 Å². The van der Waals surface area contributed by atoms with E-state index in [0.717, 1.165) is 22.0 Å². The molecule has 0 radical (unpaired) electrons. The summed E-state index contributed by atoms with van der Waals surface area (Å²) in [6.45, 7) is 0. The fourth-order valence-electron chi connectivity index (χ4n) is 3.68. The van der Waals surface area contributed by atoms with Gasteiger partial charge in [-0.3, -0.25) is 9.36 Å². The van der Waals surface area contributed by atoms with Crippen LogP contribution < -0.4 is 16.0 Å². The van der Waals surface area contributed by atoms with Crippen LogP contribution in [0.4, 0.5) is 0 Å². The minimum absolute atomic E-state index is 0.103. The minimum Gasteiger partial charge on any atom is -0.454 e. The van der Waals surface area contributed by atoms with E-state index < -0.39 is 0 Å². The highest BCUT2D eigenvalue weighted by Gasteiger charge is 2.19. The van der Waals surface area contributed by atoms with E-state index in [1.54, 1.807) is 35.6 Å². The van der Waals surface area contributed by atoms with E-state index in [1.165, 1.54) is 0 Å². The maximum atomic E-state index is 12.5. The number of hydrogen-bond acceptors (Lipinski definition) is 3. The zero-order valence-electron chi connectivity index (χ0n) is 15.9. The highest BCUT2D eigenvalue weighted by Crippen LogP contribution is 2.40. The van der Waals surface area contributed by atoms with Crippen LogP contribution in [-0.2, 0) is 14.1 Å². The van der Waals surface area contributed by atoms with Crippen molar-refractivity contribution in [2.75, 3.05) is 0 Å². The average Bonchev–Trinajstić information content (AvgIpc) is 3.32. The van der Waals surface area contributed by atoms with Crippen molar-refractivity contribution in [1.82, 2.24) is 19.1 Å². The summed E-state index contributed by atoms with van der Waals surface area (Å²) in [6.07, 6.45) is 3.54. The zero-order valence-corrected chi connectivity index (χ0v) is 15.9. The number of aromatic amines is 2. The maximum absolute atomic E-state index is 12.5. The van der Waals surface area contributed by atoms with Gasteiger partial charge in [-0.25, -0.2) is 4.79 Å². The third kappa shape index (κ3) is 2.59. The molecule has 3 aromatic heterocycles. The van der Waals surface area contributed by atoms with Crippen molar-refractivity contribution in [3.05, 3.63) is 81.8 Å². The summed E-state index contributed by atoms with van der Waals surface area (Å²) in [6, 6.07) is 15.1. The molecule has 0 saturated heterocycles. The van der Waals surface area contributed by atoms with Crippen LogP contribution in [0.1, 0.15) is 0 Å². The molecular weight excluding hydrogens is 368 g/mol. The van der Waals surface area contributed by atoms with E-state index in [2.05, 4.69) is 9.97 Å². The highest BCUT2D eigenvalue weighted by atomic mass is 16.5. The van der Waals surface area contributed by atoms with Gasteiger partial charge in [0.1, 0.15) is 16.8 Å². The fraction of sp³-hybridized carbons (Fsp3) is 0.0909. The van der Waals surface area contributed by atoms with Crippen molar-refractivity contribution in [1.29, 1.82) is 0 Å². The number of aryl methyl sites for hydroxylation is 2. The van der Waals surface area contributed by atoms with Gasteiger partial charge in [-0.1, -0.05) is 18.2 Å². The first-order chi connectivity index (χ1) is 14.0. The minimum atomic E-state index is -0.220. The monoisotopic (exact) mass is 386 g/mol. The second-order valence-electron chi connectivity index (χ2n) is 6.97. The lowest BCUT2D eigenvalue weighted by Crippen LogP contribution is -2.16. The van der Waals surface area contributed by atoms with Crippen LogP contribution in [0.2, 0.25) is 0 Å². The number of rotatable bonds is 3. The number of fused-ring (bicyclic) bond motifs is 2. The Morgan fingerprint density at radius 3 is 2.48 bits per heavy atom. The zero-order chi connectivity index (χ0) is 20.1. The number of H-pyrrole nitrogens is 2. The van der Waals surface area contributed by atoms with Crippen LogP contribution in [0.25, 0.3) is 33.1 Å². The number of hydrogen-bond donors (Lipinski definition) is 2. The molecule has 0 amide bonds. The van der Waals surface area contributed by atoms with Crippen LogP contribution in [0.5, 0.6) is 11.5 Å². The van der Waals surface area contributed by atoms with E-state index >= 15 is 0 Å². The molecule has 5 rings (SSSR count). The molecule has 2 aromatic carbocycles. The van der Waals surface area contributed by atoms with E-state index in [4.69, 9.17) is 4.74 Å². The largest absolute Gasteiger partial charge is 0.454 e. The SMILES string of the molecule is Cn1cc(-c2ccc3c([nH]c(=O)n3C)c2Oc2ccccc2)c2cc[nH]c2c1=O. The van der Waals surface area contributed by atoms with Crippen LogP contribution in [-0.4, -0.2) is 19.1 Å². The summed E-state index contributed by atoms with van der Waals surface area (Å²) in [5, 5.41) is 0.795. The summed E-state index contributed by atoms with van der Waals surface area (Å²) in [5.41, 5.74) is 3.16. The van der Waals surface area contributed by atoms with E-state index in [1.807, 2.05) is 48.5 Å². The predicted octanol–water partition coefficient (Wildman–Crippen LogP) is 3.51. The molecule has 2 N–H and O–H groups in total. The normalized spacial score (nSPS) is 11.4. The van der Waals surface area contributed by atoms with Gasteiger partial charge in [-0.15, -0.1) is 0 Å². The Hall–Kier alpha value is -4.00. The molecule has 0 fully saturated rings. The third-order valence-corrected chi connectivity index (χ3v) is 5.18. The number of para-hydroxylation sites is 1. The average molecular weight is 386 g/mol. The predicted molar refractivity (Wildman–Crippen MR) is 113 cm³/mol. The molecule has 0 saturated carbocycles. The van der Waals surface area contributed by atoms with Crippen molar-refractivity contribution >= 4 is 21.9 Å². The molecule has 29 heavy (non-hydrogen) atoms. The van der Waals surface area contributed by atoms with Crippen molar-refractivity contribution < 1.29 is 4.74 Å². The van der Waals surface area contributed by atoms with E-state index in [9.17, 15) is 9.59 Å². The van der Waals surface area contributed by atoms with Gasteiger partial charge >= 0.3 is 5.69 Å². The van der Waals surface area contributed by atoms with Crippen molar-refractivity contribution in [2.24, 2.45) is 14.1 Å². The summed E-state index contributed by atoms with van der Waals surface area (Å²) < 4.78 is 9.35. The number of aromatic nitrogens is 4. The number of nitrogens with one attached hydrogen (secondary N) is 2. The smallest absolute Gasteiger partial charge is 0.326 e. The van der Waals surface area contributed by atoms with Crippen molar-refractivity contribution in [3.8, 4) is 22.6 Å². The van der Waals surface area contributed by atoms with E-state index in [-0.39, 0.29) is 11.2 Å². The summed E-state index contributed by atoms with van der Waals surface area (Å²) in [5.74, 6) is 1.19. The Bertz CT molecular complexity index is 1490. The van der Waals surface area contributed by atoms with Gasteiger partial charge in [0.15, 0.2) is 5.75 Å². The summed E-state index contributed by atoms with van der Waals surface area (Å²) in [4.78, 5) is 30.6. The second kappa shape index (κ2) is 6.27. The third-order valence-electron chi connectivity index (χ3n) is 5.18. The summed E-state index contributed by atoms with van der Waals surface area (Å²) >= 11 is 0. The van der Waals surface area contributed by atoms with Crippen LogP contribution >= 0.6 is 0 Å². The lowest BCUT2D eigenvalue weighted by atomic mass is 10.0. The molecule has 144 valence electrons. The van der Waals surface area contributed by atoms with Crippen molar-refractivity contribution in [3.63, 3.8) is 0 Å². The van der Waals surface area contributed by atoms with Gasteiger partial charge in [0.05, 0.1) is 5.52 Å². The quantitative estimate of drug-likeness (QED) is 0.498. The first-order valence-electron chi connectivity index (χ1n) is 9.16. The van der Waals surface area contributed by atoms with Crippen LogP contribution in [0, 0.1) is 0 Å².